The highest BCUT2D eigenvalue weighted by Crippen LogP contribution is 2.34. The first-order chi connectivity index (χ1) is 36.2. The second-order valence-corrected chi connectivity index (χ2v) is 17.3. The van der Waals surface area contributed by atoms with E-state index in [2.05, 4.69) is 0 Å². The van der Waals surface area contributed by atoms with E-state index in [0.717, 1.165) is 0 Å². The van der Waals surface area contributed by atoms with Crippen molar-refractivity contribution in [3.63, 3.8) is 0 Å². The molecule has 0 aliphatic rings. The second-order valence-electron chi connectivity index (χ2n) is 17.3. The molecule has 0 unspecified atom stereocenters. The molecule has 0 atom stereocenters. The second kappa shape index (κ2) is 26.6. The molecule has 398 valence electrons. The molecule has 0 bridgehead atoms. The van der Waals surface area contributed by atoms with Crippen molar-refractivity contribution in [2.75, 3.05) is 38.9 Å². The predicted octanol–water partition coefficient (Wildman–Crippen LogP) is 12.8. The Morgan fingerprint density at radius 2 is 0.855 bits per heavy atom. The van der Waals surface area contributed by atoms with Gasteiger partial charge in [-0.1, -0.05) is 48.6 Å². The fourth-order valence-electron chi connectivity index (χ4n) is 7.59. The summed E-state index contributed by atoms with van der Waals surface area (Å²) in [7, 11) is 2.74. The highest BCUT2D eigenvalue weighted by atomic mass is 19.4. The summed E-state index contributed by atoms with van der Waals surface area (Å²) in [5.74, 6) is -0.462. The molecule has 0 saturated carbocycles. The summed E-state index contributed by atoms with van der Waals surface area (Å²) in [6.07, 6.45) is -4.07. The van der Waals surface area contributed by atoms with E-state index in [9.17, 15) is 45.5 Å². The van der Waals surface area contributed by atoms with Crippen molar-refractivity contribution < 1.29 is 73.9 Å². The summed E-state index contributed by atoms with van der Waals surface area (Å²) in [4.78, 5) is 52.8. The van der Waals surface area contributed by atoms with Crippen molar-refractivity contribution in [1.29, 1.82) is 0 Å². The van der Waals surface area contributed by atoms with Crippen molar-refractivity contribution >= 4 is 47.0 Å². The first-order valence-corrected chi connectivity index (χ1v) is 23.8. The van der Waals surface area contributed by atoms with E-state index in [4.69, 9.17) is 39.9 Å². The van der Waals surface area contributed by atoms with Crippen molar-refractivity contribution in [1.82, 2.24) is 0 Å². The number of rotatable bonds is 25. The standard InChI is InChI=1S/C58H54F6N2O10/c1-71-53-35-39(13-25-51(53)73-29-5-3-27-57(59,60)61)55(69)75-47-19-9-37(10-20-47)7-17-45(67)33-41-31-43(65)15-23-49(41)50-24-16-44(66)32-42(50)34-46(68)18-8-38-11-21-48(22-12-38)76-56(70)40-14-26-52(54(36-40)72-2)74-30-6-4-28-58(62,63)64/h7-26,31-32,35-36H,3-6,27-30,33-34,65-66H2,1-2H3/b17-7+,18-8+. The number of carbonyl (C=O) groups is 4. The van der Waals surface area contributed by atoms with Crippen LogP contribution in [0.4, 0.5) is 37.7 Å². The molecule has 0 fully saturated rings. The lowest BCUT2D eigenvalue weighted by atomic mass is 9.90. The van der Waals surface area contributed by atoms with Crippen molar-refractivity contribution in [3.05, 3.63) is 167 Å². The van der Waals surface area contributed by atoms with E-state index in [0.29, 0.717) is 44.8 Å². The van der Waals surface area contributed by atoms with E-state index in [1.807, 2.05) is 0 Å². The van der Waals surface area contributed by atoms with Crippen molar-refractivity contribution in [3.8, 4) is 45.6 Å². The average Bonchev–Trinajstić information content (AvgIpc) is 3.38. The van der Waals surface area contributed by atoms with Crippen molar-refractivity contribution in [2.45, 2.75) is 63.7 Å². The Hall–Kier alpha value is -8.54. The Kier molecular flexibility index (Phi) is 19.9. The molecule has 0 aliphatic heterocycles. The molecular weight excluding hydrogens is 999 g/mol. The molecule has 0 aliphatic carbocycles. The number of unbranched alkanes of at least 4 members (excludes halogenated alkanes) is 2. The van der Waals surface area contributed by atoms with Crippen LogP contribution in [0.25, 0.3) is 23.3 Å². The number of nitrogen functional groups attached to an aromatic ring is 2. The lowest BCUT2D eigenvalue weighted by molar-refractivity contribution is -0.136. The first-order valence-electron chi connectivity index (χ1n) is 23.8. The molecule has 6 aromatic rings. The minimum absolute atomic E-state index is 0.0321. The van der Waals surface area contributed by atoms with Crippen LogP contribution < -0.4 is 39.9 Å². The monoisotopic (exact) mass is 1050 g/mol. The van der Waals surface area contributed by atoms with E-state index in [1.165, 1.54) is 62.8 Å². The molecule has 0 heterocycles. The quantitative estimate of drug-likeness (QED) is 0.0139. The fraction of sp³-hybridized carbons (Fsp3) is 0.241. The van der Waals surface area contributed by atoms with Gasteiger partial charge in [0.25, 0.3) is 0 Å². The number of esters is 2. The maximum atomic E-state index is 13.4. The third-order valence-corrected chi connectivity index (χ3v) is 11.4. The Balaban J connectivity index is 1.02. The Morgan fingerprint density at radius 3 is 1.21 bits per heavy atom. The maximum absolute atomic E-state index is 13.4. The number of anilines is 2. The van der Waals surface area contributed by atoms with Gasteiger partial charge in [0.15, 0.2) is 34.6 Å². The highest BCUT2D eigenvalue weighted by Gasteiger charge is 2.27. The molecule has 4 N–H and O–H groups in total. The predicted molar refractivity (Wildman–Crippen MR) is 276 cm³/mol. The molecule has 0 spiro atoms. The number of halogens is 6. The minimum atomic E-state index is -4.23. The lowest BCUT2D eigenvalue weighted by Gasteiger charge is -2.14. The number of benzene rings is 6. The SMILES string of the molecule is COc1cc(C(=O)Oc2ccc(/C=C/C(=O)Cc3cc(N)ccc3-c3ccc(N)cc3CC(=O)/C=C/c3ccc(OC(=O)c4ccc(OCCCCC(F)(F)F)c(OC)c4)cc3)cc2)ccc1OCCCCC(F)(F)F. The van der Waals surface area contributed by atoms with Gasteiger partial charge in [0.05, 0.1) is 38.6 Å². The largest absolute Gasteiger partial charge is 0.493 e. The number of carbonyl (C=O) groups excluding carboxylic acids is 4. The normalized spacial score (nSPS) is 11.6. The van der Waals surface area contributed by atoms with Gasteiger partial charge >= 0.3 is 24.3 Å². The molecule has 0 aromatic heterocycles. The average molecular weight is 1050 g/mol. The molecule has 0 radical (unpaired) electrons. The summed E-state index contributed by atoms with van der Waals surface area (Å²) in [6, 6.07) is 31.9. The minimum Gasteiger partial charge on any atom is -0.493 e. The Labute approximate surface area is 434 Å². The van der Waals surface area contributed by atoms with Crippen LogP contribution in [0, 0.1) is 0 Å². The number of allylic oxidation sites excluding steroid dienone is 2. The number of hydrogen-bond acceptors (Lipinski definition) is 12. The summed E-state index contributed by atoms with van der Waals surface area (Å²) >= 11 is 0. The third kappa shape index (κ3) is 17.8. The molecular formula is C58H54F6N2O10. The maximum Gasteiger partial charge on any atom is 0.389 e. The summed E-state index contributed by atoms with van der Waals surface area (Å²) in [6.45, 7) is 0.0742. The van der Waals surface area contributed by atoms with Crippen LogP contribution in [0.5, 0.6) is 34.5 Å². The Bertz CT molecular complexity index is 2840. The van der Waals surface area contributed by atoms with Gasteiger partial charge in [-0.2, -0.15) is 26.3 Å². The van der Waals surface area contributed by atoms with Gasteiger partial charge in [-0.25, -0.2) is 9.59 Å². The number of methoxy groups -OCH3 is 2. The third-order valence-electron chi connectivity index (χ3n) is 11.4. The van der Waals surface area contributed by atoms with E-state index in [-0.39, 0.29) is 109 Å². The van der Waals surface area contributed by atoms with Crippen LogP contribution in [0.3, 0.4) is 0 Å². The van der Waals surface area contributed by atoms with Gasteiger partial charge in [0, 0.05) is 37.1 Å². The van der Waals surface area contributed by atoms with Gasteiger partial charge < -0.3 is 39.9 Å². The van der Waals surface area contributed by atoms with Crippen LogP contribution in [0.1, 0.15) is 81.5 Å². The number of nitrogens with two attached hydrogens (primary N) is 2. The van der Waals surface area contributed by atoms with Crippen LogP contribution in [0.15, 0.2) is 133 Å². The molecule has 6 aromatic carbocycles. The Morgan fingerprint density at radius 1 is 0.474 bits per heavy atom. The zero-order valence-corrected chi connectivity index (χ0v) is 41.4. The fourth-order valence-corrected chi connectivity index (χ4v) is 7.59. The zero-order valence-electron chi connectivity index (χ0n) is 41.4. The smallest absolute Gasteiger partial charge is 0.389 e. The molecule has 12 nitrogen and oxygen atoms in total. The lowest BCUT2D eigenvalue weighted by Crippen LogP contribution is -2.10. The molecule has 6 rings (SSSR count). The number of ketones is 2. The highest BCUT2D eigenvalue weighted by molar-refractivity contribution is 5.98. The van der Waals surface area contributed by atoms with E-state index >= 15 is 0 Å². The molecule has 0 saturated heterocycles. The van der Waals surface area contributed by atoms with Crippen molar-refractivity contribution in [2.24, 2.45) is 0 Å². The molecule has 18 heteroatoms. The van der Waals surface area contributed by atoms with Crippen LogP contribution >= 0.6 is 0 Å². The number of hydrogen-bond donors (Lipinski definition) is 2. The summed E-state index contributed by atoms with van der Waals surface area (Å²) < 4.78 is 107. The van der Waals surface area contributed by atoms with Gasteiger partial charge in [-0.3, -0.25) is 9.59 Å². The van der Waals surface area contributed by atoms with Gasteiger partial charge in [-0.15, -0.1) is 0 Å². The van der Waals surface area contributed by atoms with Crippen LogP contribution in [-0.2, 0) is 22.4 Å². The summed E-state index contributed by atoms with van der Waals surface area (Å²) in [5, 5.41) is 0. The molecule has 0 amide bonds. The number of ether oxygens (including phenoxy) is 6. The van der Waals surface area contributed by atoms with Gasteiger partial charge in [-0.05, 0) is 156 Å². The molecule has 76 heavy (non-hydrogen) atoms. The van der Waals surface area contributed by atoms with Gasteiger partial charge in [0.2, 0.25) is 0 Å². The zero-order chi connectivity index (χ0) is 54.8. The van der Waals surface area contributed by atoms with Gasteiger partial charge in [0.1, 0.15) is 11.5 Å². The van der Waals surface area contributed by atoms with Crippen LogP contribution in [0.2, 0.25) is 0 Å². The van der Waals surface area contributed by atoms with Crippen LogP contribution in [-0.4, -0.2) is 63.3 Å². The van der Waals surface area contributed by atoms with E-state index in [1.54, 1.807) is 97.1 Å². The van der Waals surface area contributed by atoms with E-state index < -0.39 is 37.1 Å². The number of alkyl halides is 6. The topological polar surface area (TPSA) is 176 Å². The first kappa shape index (κ1) is 56.8. The summed E-state index contributed by atoms with van der Waals surface area (Å²) in [5.41, 5.74) is 17.4.